The lowest BCUT2D eigenvalue weighted by Gasteiger charge is -2.07. The van der Waals surface area contributed by atoms with Crippen LogP contribution in [0.2, 0.25) is 0 Å². The van der Waals surface area contributed by atoms with Crippen LogP contribution in [-0.2, 0) is 21.3 Å². The van der Waals surface area contributed by atoms with E-state index in [0.29, 0.717) is 18.0 Å². The van der Waals surface area contributed by atoms with Crippen LogP contribution in [0.3, 0.4) is 0 Å². The van der Waals surface area contributed by atoms with Gasteiger partial charge in [-0.15, -0.1) is 10.2 Å². The van der Waals surface area contributed by atoms with Crippen LogP contribution in [-0.4, -0.2) is 47.1 Å². The molecular formula is C8H12N6O3S. The molecule has 0 spiro atoms. The molecule has 0 aliphatic carbocycles. The van der Waals surface area contributed by atoms with E-state index >= 15 is 0 Å². The summed E-state index contributed by atoms with van der Waals surface area (Å²) in [4.78, 5) is 0. The number of hydrogen-bond acceptors (Lipinski definition) is 6. The molecule has 0 saturated carbocycles. The first-order valence-corrected chi connectivity index (χ1v) is 6.52. The van der Waals surface area contributed by atoms with E-state index in [4.69, 9.17) is 9.88 Å². The van der Waals surface area contributed by atoms with Crippen molar-refractivity contribution in [2.45, 2.75) is 11.7 Å². The van der Waals surface area contributed by atoms with Crippen molar-refractivity contribution in [3.8, 4) is 11.4 Å². The predicted octanol–water partition coefficient (Wildman–Crippen LogP) is -1.04. The third-order valence-electron chi connectivity index (χ3n) is 2.25. The fourth-order valence-corrected chi connectivity index (χ4v) is 2.11. The Hall–Kier alpha value is -1.78. The first-order chi connectivity index (χ1) is 8.54. The predicted molar refractivity (Wildman–Crippen MR) is 60.9 cm³/mol. The van der Waals surface area contributed by atoms with Gasteiger partial charge in [0.1, 0.15) is 0 Å². The van der Waals surface area contributed by atoms with Crippen LogP contribution in [0.5, 0.6) is 0 Å². The average Bonchev–Trinajstić information content (AvgIpc) is 2.93. The van der Waals surface area contributed by atoms with E-state index in [2.05, 4.69) is 20.4 Å². The van der Waals surface area contributed by atoms with Crippen LogP contribution in [0.15, 0.2) is 17.6 Å². The van der Waals surface area contributed by atoms with Gasteiger partial charge < -0.3 is 4.74 Å². The zero-order valence-electron chi connectivity index (χ0n) is 9.57. The van der Waals surface area contributed by atoms with Gasteiger partial charge in [0.05, 0.1) is 24.9 Å². The number of hydrogen-bond donors (Lipinski definition) is 2. The molecule has 9 nitrogen and oxygen atoms in total. The van der Waals surface area contributed by atoms with Gasteiger partial charge >= 0.3 is 0 Å². The maximum Gasteiger partial charge on any atom is 0.273 e. The van der Waals surface area contributed by atoms with E-state index in [1.807, 2.05) is 0 Å². The number of aromatic nitrogens is 5. The molecular weight excluding hydrogens is 260 g/mol. The Labute approximate surface area is 103 Å². The minimum Gasteiger partial charge on any atom is -0.383 e. The SMILES string of the molecule is COCCn1c(-c2cn[nH]c2)nnc1S(N)(=O)=O. The average molecular weight is 272 g/mol. The molecule has 2 aromatic rings. The summed E-state index contributed by atoms with van der Waals surface area (Å²) in [6.07, 6.45) is 3.10. The maximum atomic E-state index is 11.4. The van der Waals surface area contributed by atoms with Crippen molar-refractivity contribution in [1.29, 1.82) is 0 Å². The Morgan fingerprint density at radius 2 is 2.28 bits per heavy atom. The Morgan fingerprint density at radius 3 is 2.83 bits per heavy atom. The highest BCUT2D eigenvalue weighted by Gasteiger charge is 2.22. The molecule has 0 bridgehead atoms. The van der Waals surface area contributed by atoms with Gasteiger partial charge in [-0.1, -0.05) is 0 Å². The van der Waals surface area contributed by atoms with E-state index in [9.17, 15) is 8.42 Å². The molecule has 0 radical (unpaired) electrons. The summed E-state index contributed by atoms with van der Waals surface area (Å²) in [5, 5.41) is 18.6. The van der Waals surface area contributed by atoms with Crippen LogP contribution < -0.4 is 5.14 Å². The number of rotatable bonds is 5. The molecule has 0 fully saturated rings. The smallest absolute Gasteiger partial charge is 0.273 e. The monoisotopic (exact) mass is 272 g/mol. The van der Waals surface area contributed by atoms with Gasteiger partial charge in [0, 0.05) is 13.3 Å². The summed E-state index contributed by atoms with van der Waals surface area (Å²) in [7, 11) is -2.42. The second-order valence-electron chi connectivity index (χ2n) is 3.48. The molecule has 2 aromatic heterocycles. The maximum absolute atomic E-state index is 11.4. The highest BCUT2D eigenvalue weighted by molar-refractivity contribution is 7.89. The standard InChI is InChI=1S/C8H12N6O3S/c1-17-3-2-14-7(6-4-10-11-5-6)12-13-8(14)18(9,15)16/h4-5H,2-3H2,1H3,(H,10,11)(H2,9,15,16). The molecule has 98 valence electrons. The number of primary sulfonamides is 1. The summed E-state index contributed by atoms with van der Waals surface area (Å²) in [6, 6.07) is 0. The highest BCUT2D eigenvalue weighted by atomic mass is 32.2. The normalized spacial score (nSPS) is 11.9. The first-order valence-electron chi connectivity index (χ1n) is 4.98. The van der Waals surface area contributed by atoms with Crippen LogP contribution in [0.4, 0.5) is 0 Å². The molecule has 0 unspecified atom stereocenters. The molecule has 2 rings (SSSR count). The second-order valence-corrected chi connectivity index (χ2v) is 4.94. The summed E-state index contributed by atoms with van der Waals surface area (Å²) >= 11 is 0. The number of H-pyrrole nitrogens is 1. The molecule has 0 amide bonds. The van der Waals surface area contributed by atoms with E-state index in [-0.39, 0.29) is 11.7 Å². The first kappa shape index (κ1) is 12.7. The minimum atomic E-state index is -3.93. The highest BCUT2D eigenvalue weighted by Crippen LogP contribution is 2.18. The number of nitrogens with one attached hydrogen (secondary N) is 1. The number of sulfonamides is 1. The van der Waals surface area contributed by atoms with Crippen LogP contribution in [0.1, 0.15) is 0 Å². The van der Waals surface area contributed by atoms with E-state index < -0.39 is 10.0 Å². The van der Waals surface area contributed by atoms with Gasteiger partial charge in [-0.2, -0.15) is 5.10 Å². The molecule has 0 saturated heterocycles. The second kappa shape index (κ2) is 4.84. The summed E-state index contributed by atoms with van der Waals surface area (Å²) in [5.41, 5.74) is 0.619. The number of methoxy groups -OCH3 is 1. The van der Waals surface area contributed by atoms with Crippen LogP contribution >= 0.6 is 0 Å². The van der Waals surface area contributed by atoms with Crippen molar-refractivity contribution >= 4 is 10.0 Å². The van der Waals surface area contributed by atoms with Crippen molar-refractivity contribution in [2.75, 3.05) is 13.7 Å². The zero-order chi connectivity index (χ0) is 13.2. The van der Waals surface area contributed by atoms with E-state index in [0.717, 1.165) is 0 Å². The third-order valence-corrected chi connectivity index (χ3v) is 3.06. The molecule has 0 aromatic carbocycles. The fraction of sp³-hybridized carbons (Fsp3) is 0.375. The lowest BCUT2D eigenvalue weighted by molar-refractivity contribution is 0.185. The van der Waals surface area contributed by atoms with Crippen molar-refractivity contribution in [1.82, 2.24) is 25.0 Å². The van der Waals surface area contributed by atoms with Crippen LogP contribution in [0.25, 0.3) is 11.4 Å². The lowest BCUT2D eigenvalue weighted by atomic mass is 10.3. The van der Waals surface area contributed by atoms with Gasteiger partial charge in [-0.3, -0.25) is 9.67 Å². The van der Waals surface area contributed by atoms with E-state index in [1.165, 1.54) is 17.9 Å². The quantitative estimate of drug-likeness (QED) is 0.715. The fourth-order valence-electron chi connectivity index (χ4n) is 1.47. The number of nitrogens with zero attached hydrogens (tertiary/aromatic N) is 4. The Morgan fingerprint density at radius 1 is 1.50 bits per heavy atom. The largest absolute Gasteiger partial charge is 0.383 e. The zero-order valence-corrected chi connectivity index (χ0v) is 10.4. The molecule has 10 heteroatoms. The summed E-state index contributed by atoms with van der Waals surface area (Å²) in [6.45, 7) is 0.585. The molecule has 18 heavy (non-hydrogen) atoms. The van der Waals surface area contributed by atoms with Gasteiger partial charge in [-0.25, -0.2) is 13.6 Å². The third kappa shape index (κ3) is 2.39. The van der Waals surface area contributed by atoms with Crippen molar-refractivity contribution in [2.24, 2.45) is 5.14 Å². The Balaban J connectivity index is 2.51. The molecule has 0 atom stereocenters. The van der Waals surface area contributed by atoms with Crippen molar-refractivity contribution in [3.63, 3.8) is 0 Å². The van der Waals surface area contributed by atoms with Gasteiger partial charge in [0.2, 0.25) is 0 Å². The van der Waals surface area contributed by atoms with Crippen LogP contribution in [0, 0.1) is 0 Å². The lowest BCUT2D eigenvalue weighted by Crippen LogP contribution is -2.20. The van der Waals surface area contributed by atoms with Crippen molar-refractivity contribution in [3.05, 3.63) is 12.4 Å². The van der Waals surface area contributed by atoms with Crippen molar-refractivity contribution < 1.29 is 13.2 Å². The molecule has 0 aliphatic heterocycles. The topological polar surface area (TPSA) is 129 Å². The number of ether oxygens (including phenoxy) is 1. The minimum absolute atomic E-state index is 0.274. The number of aromatic amines is 1. The molecule has 2 heterocycles. The van der Waals surface area contributed by atoms with Gasteiger partial charge in [0.25, 0.3) is 15.2 Å². The summed E-state index contributed by atoms with van der Waals surface area (Å²) in [5.74, 6) is 0.366. The van der Waals surface area contributed by atoms with Gasteiger partial charge in [-0.05, 0) is 0 Å². The van der Waals surface area contributed by atoms with E-state index in [1.54, 1.807) is 6.20 Å². The Bertz CT molecular complexity index is 617. The van der Waals surface area contributed by atoms with Gasteiger partial charge in [0.15, 0.2) is 5.82 Å². The Kier molecular flexibility index (Phi) is 3.41. The summed E-state index contributed by atoms with van der Waals surface area (Å²) < 4.78 is 29.1. The molecule has 0 aliphatic rings. The molecule has 3 N–H and O–H groups in total. The number of nitrogens with two attached hydrogens (primary N) is 1.